The zero-order valence-electron chi connectivity index (χ0n) is 15.9. The molecule has 3 aromatic rings. The average molecular weight is 398 g/mol. The molecule has 1 amide bonds. The maximum Gasteiger partial charge on any atom is 0.335 e. The molecule has 6 nitrogen and oxygen atoms in total. The topological polar surface area (TPSA) is 99.4 Å². The smallest absolute Gasteiger partial charge is 0.335 e. The molecule has 0 aliphatic rings. The van der Waals surface area contributed by atoms with Crippen LogP contribution in [0.4, 0.5) is 5.69 Å². The first-order valence-electron chi connectivity index (χ1n) is 9.08. The third kappa shape index (κ3) is 5.57. The van der Waals surface area contributed by atoms with E-state index in [1.54, 1.807) is 54.6 Å². The number of aromatic carboxylic acids is 1. The molecule has 0 fully saturated rings. The van der Waals surface area contributed by atoms with E-state index in [2.05, 4.69) is 11.4 Å². The Kier molecular flexibility index (Phi) is 6.59. The average Bonchev–Trinajstić information content (AvgIpc) is 2.77. The number of para-hydroxylation sites is 1. The molecule has 2 N–H and O–H groups in total. The lowest BCUT2D eigenvalue weighted by molar-refractivity contribution is -0.118. The third-order valence-corrected chi connectivity index (χ3v) is 4.18. The van der Waals surface area contributed by atoms with Crippen molar-refractivity contribution in [3.8, 4) is 11.8 Å². The molecule has 0 aliphatic carbocycles. The highest BCUT2D eigenvalue weighted by Crippen LogP contribution is 2.20. The summed E-state index contributed by atoms with van der Waals surface area (Å²) in [5, 5.41) is 21.1. The number of rotatable bonds is 7. The van der Waals surface area contributed by atoms with E-state index in [1.807, 2.05) is 18.2 Å². The van der Waals surface area contributed by atoms with E-state index in [4.69, 9.17) is 9.84 Å². The number of carbonyl (C=O) groups excluding carboxylic acids is 1. The molecule has 0 saturated heterocycles. The van der Waals surface area contributed by atoms with Gasteiger partial charge in [0.2, 0.25) is 0 Å². The maximum absolute atomic E-state index is 11.9. The second kappa shape index (κ2) is 9.71. The van der Waals surface area contributed by atoms with Gasteiger partial charge in [0.15, 0.2) is 6.61 Å². The van der Waals surface area contributed by atoms with Gasteiger partial charge >= 0.3 is 5.97 Å². The summed E-state index contributed by atoms with van der Waals surface area (Å²) in [6.45, 7) is -0.122. The molecular weight excluding hydrogens is 380 g/mol. The van der Waals surface area contributed by atoms with Crippen molar-refractivity contribution in [1.29, 1.82) is 5.26 Å². The molecule has 148 valence electrons. The summed E-state index contributed by atoms with van der Waals surface area (Å²) >= 11 is 0. The number of carboxylic acids is 1. The van der Waals surface area contributed by atoms with E-state index in [1.165, 1.54) is 12.1 Å². The predicted octanol–water partition coefficient (Wildman–Crippen LogP) is 4.47. The Morgan fingerprint density at radius 1 is 0.933 bits per heavy atom. The minimum atomic E-state index is -1.02. The SMILES string of the molecule is N#C/C(=C/c1ccc(OCC(=O)Nc2ccccc2)cc1)c1ccc(C(=O)O)cc1. The summed E-state index contributed by atoms with van der Waals surface area (Å²) in [4.78, 5) is 22.9. The van der Waals surface area contributed by atoms with Crippen LogP contribution in [0.3, 0.4) is 0 Å². The summed E-state index contributed by atoms with van der Waals surface area (Å²) in [5.74, 6) is -0.751. The molecule has 0 saturated carbocycles. The lowest BCUT2D eigenvalue weighted by Crippen LogP contribution is -2.20. The van der Waals surface area contributed by atoms with Crippen LogP contribution in [-0.4, -0.2) is 23.6 Å². The van der Waals surface area contributed by atoms with Crippen molar-refractivity contribution < 1.29 is 19.4 Å². The van der Waals surface area contributed by atoms with E-state index in [9.17, 15) is 14.9 Å². The van der Waals surface area contributed by atoms with Crippen LogP contribution in [0, 0.1) is 11.3 Å². The van der Waals surface area contributed by atoms with E-state index >= 15 is 0 Å². The Morgan fingerprint density at radius 3 is 2.17 bits per heavy atom. The summed E-state index contributed by atoms with van der Waals surface area (Å²) in [6, 6.07) is 24.3. The standard InChI is InChI=1S/C24H18N2O4/c25-15-20(18-8-10-19(11-9-18)24(28)29)14-17-6-12-22(13-7-17)30-16-23(27)26-21-4-2-1-3-5-21/h1-14H,16H2,(H,26,27)(H,28,29)/b20-14-. The molecule has 0 aliphatic heterocycles. The van der Waals surface area contributed by atoms with Crippen molar-refractivity contribution in [3.63, 3.8) is 0 Å². The lowest BCUT2D eigenvalue weighted by Gasteiger charge is -2.08. The summed E-state index contributed by atoms with van der Waals surface area (Å²) in [7, 11) is 0. The Bertz CT molecular complexity index is 1100. The van der Waals surface area contributed by atoms with Crippen LogP contribution in [0.15, 0.2) is 78.9 Å². The van der Waals surface area contributed by atoms with Crippen LogP contribution in [0.5, 0.6) is 5.75 Å². The van der Waals surface area contributed by atoms with Crippen LogP contribution in [0.2, 0.25) is 0 Å². The molecule has 0 atom stereocenters. The van der Waals surface area contributed by atoms with Crippen molar-refractivity contribution >= 4 is 29.2 Å². The van der Waals surface area contributed by atoms with Gasteiger partial charge in [-0.1, -0.05) is 42.5 Å². The van der Waals surface area contributed by atoms with Crippen molar-refractivity contribution in [3.05, 3.63) is 95.6 Å². The Morgan fingerprint density at radius 2 is 1.57 bits per heavy atom. The van der Waals surface area contributed by atoms with Crippen LogP contribution < -0.4 is 10.1 Å². The lowest BCUT2D eigenvalue weighted by atomic mass is 10.0. The highest BCUT2D eigenvalue weighted by atomic mass is 16.5. The third-order valence-electron chi connectivity index (χ3n) is 4.18. The fourth-order valence-corrected chi connectivity index (χ4v) is 2.67. The molecule has 0 bridgehead atoms. The predicted molar refractivity (Wildman–Crippen MR) is 114 cm³/mol. The van der Waals surface area contributed by atoms with Crippen molar-refractivity contribution in [1.82, 2.24) is 0 Å². The molecule has 0 heterocycles. The largest absolute Gasteiger partial charge is 0.484 e. The summed E-state index contributed by atoms with van der Waals surface area (Å²) < 4.78 is 5.49. The Balaban J connectivity index is 1.62. The minimum Gasteiger partial charge on any atom is -0.484 e. The normalized spacial score (nSPS) is 10.7. The molecule has 30 heavy (non-hydrogen) atoms. The van der Waals surface area contributed by atoms with Gasteiger partial charge in [-0.3, -0.25) is 4.79 Å². The molecule has 6 heteroatoms. The van der Waals surface area contributed by atoms with Crippen LogP contribution in [0.1, 0.15) is 21.5 Å². The highest BCUT2D eigenvalue weighted by Gasteiger charge is 2.06. The van der Waals surface area contributed by atoms with Crippen molar-refractivity contribution in [2.45, 2.75) is 0 Å². The fourth-order valence-electron chi connectivity index (χ4n) is 2.67. The fraction of sp³-hybridized carbons (Fsp3) is 0.0417. The molecule has 3 aromatic carbocycles. The number of nitrogens with zero attached hydrogens (tertiary/aromatic N) is 1. The van der Waals surface area contributed by atoms with E-state index < -0.39 is 5.97 Å². The van der Waals surface area contributed by atoms with Gasteiger partial charge in [-0.05, 0) is 53.6 Å². The van der Waals surface area contributed by atoms with Crippen LogP contribution in [0.25, 0.3) is 11.6 Å². The molecular formula is C24H18N2O4. The molecule has 0 unspecified atom stereocenters. The number of ether oxygens (including phenoxy) is 1. The number of carboxylic acid groups (broad SMARTS) is 1. The van der Waals surface area contributed by atoms with E-state index in [0.717, 1.165) is 5.56 Å². The monoisotopic (exact) mass is 398 g/mol. The van der Waals surface area contributed by atoms with Crippen molar-refractivity contribution in [2.75, 3.05) is 11.9 Å². The molecule has 0 radical (unpaired) electrons. The first kappa shape index (κ1) is 20.4. The highest BCUT2D eigenvalue weighted by molar-refractivity contribution is 5.92. The quantitative estimate of drug-likeness (QED) is 0.452. The number of anilines is 1. The van der Waals surface area contributed by atoms with Gasteiger partial charge in [0.1, 0.15) is 5.75 Å². The van der Waals surface area contributed by atoms with Crippen LogP contribution >= 0.6 is 0 Å². The number of carbonyl (C=O) groups is 2. The van der Waals surface area contributed by atoms with Gasteiger partial charge in [-0.2, -0.15) is 5.26 Å². The number of nitrogens with one attached hydrogen (secondary N) is 1. The number of allylic oxidation sites excluding steroid dienone is 1. The zero-order chi connectivity index (χ0) is 21.3. The van der Waals surface area contributed by atoms with Crippen molar-refractivity contribution in [2.24, 2.45) is 0 Å². The second-order valence-electron chi connectivity index (χ2n) is 6.32. The van der Waals surface area contributed by atoms with Gasteiger partial charge in [0, 0.05) is 5.69 Å². The van der Waals surface area contributed by atoms with Gasteiger partial charge in [-0.25, -0.2) is 4.79 Å². The maximum atomic E-state index is 11.9. The van der Waals surface area contributed by atoms with Gasteiger partial charge in [0.05, 0.1) is 17.2 Å². The number of hydrogen-bond donors (Lipinski definition) is 2. The van der Waals surface area contributed by atoms with E-state index in [-0.39, 0.29) is 18.1 Å². The van der Waals surface area contributed by atoms with Gasteiger partial charge < -0.3 is 15.2 Å². The summed E-state index contributed by atoms with van der Waals surface area (Å²) in [5.41, 5.74) is 2.67. The van der Waals surface area contributed by atoms with Crippen LogP contribution in [-0.2, 0) is 4.79 Å². The first-order valence-corrected chi connectivity index (χ1v) is 9.08. The Hall–Kier alpha value is -4.37. The van der Waals surface area contributed by atoms with Gasteiger partial charge in [0.25, 0.3) is 5.91 Å². The molecule has 0 spiro atoms. The first-order chi connectivity index (χ1) is 14.5. The minimum absolute atomic E-state index is 0.122. The number of benzene rings is 3. The molecule has 3 rings (SSSR count). The second-order valence-corrected chi connectivity index (χ2v) is 6.32. The molecule has 0 aromatic heterocycles. The zero-order valence-corrected chi connectivity index (χ0v) is 15.9. The van der Waals surface area contributed by atoms with Gasteiger partial charge in [-0.15, -0.1) is 0 Å². The number of nitriles is 1. The summed E-state index contributed by atoms with van der Waals surface area (Å²) in [6.07, 6.45) is 1.70. The van der Waals surface area contributed by atoms with E-state index in [0.29, 0.717) is 22.6 Å². The number of amides is 1. The number of hydrogen-bond acceptors (Lipinski definition) is 4. The Labute approximate surface area is 173 Å².